The van der Waals surface area contributed by atoms with Crippen LogP contribution in [0.5, 0.6) is 0 Å². The molecular formula is C9H17N3O3. The number of primary amides is 1. The number of amides is 2. The molecule has 2 amide bonds. The molecule has 6 heteroatoms. The Morgan fingerprint density at radius 2 is 2.33 bits per heavy atom. The lowest BCUT2D eigenvalue weighted by Crippen LogP contribution is -2.41. The zero-order valence-corrected chi connectivity index (χ0v) is 8.79. The second kappa shape index (κ2) is 5.67. The van der Waals surface area contributed by atoms with Gasteiger partial charge in [-0.1, -0.05) is 0 Å². The van der Waals surface area contributed by atoms with Crippen LogP contribution in [-0.2, 0) is 14.3 Å². The fourth-order valence-corrected chi connectivity index (χ4v) is 1.51. The average molecular weight is 215 g/mol. The summed E-state index contributed by atoms with van der Waals surface area (Å²) in [6.07, 6.45) is 0.933. The number of carbonyl (C=O) groups is 2. The minimum absolute atomic E-state index is 0.0943. The molecule has 2 atom stereocenters. The van der Waals surface area contributed by atoms with Gasteiger partial charge < -0.3 is 21.1 Å². The lowest BCUT2D eigenvalue weighted by atomic mass is 10.2. The minimum atomic E-state index is -0.413. The Morgan fingerprint density at radius 1 is 1.60 bits per heavy atom. The molecule has 2 unspecified atom stereocenters. The van der Waals surface area contributed by atoms with Crippen molar-refractivity contribution in [1.82, 2.24) is 10.6 Å². The normalized spacial score (nSPS) is 25.1. The van der Waals surface area contributed by atoms with E-state index >= 15 is 0 Å². The Bertz CT molecular complexity index is 245. The van der Waals surface area contributed by atoms with Gasteiger partial charge in [0, 0.05) is 26.6 Å². The first-order valence-corrected chi connectivity index (χ1v) is 4.95. The fourth-order valence-electron chi connectivity index (χ4n) is 1.51. The number of nitrogens with one attached hydrogen (secondary N) is 2. The number of hydrogen-bond acceptors (Lipinski definition) is 4. The highest BCUT2D eigenvalue weighted by atomic mass is 16.5. The van der Waals surface area contributed by atoms with Gasteiger partial charge in [0.25, 0.3) is 0 Å². The minimum Gasteiger partial charge on any atom is -0.380 e. The van der Waals surface area contributed by atoms with Crippen LogP contribution in [0.2, 0.25) is 0 Å². The zero-order chi connectivity index (χ0) is 11.3. The molecule has 0 bridgehead atoms. The first kappa shape index (κ1) is 11.9. The SMILES string of the molecule is COC1CNC(C(=O)NCCC(N)=O)C1. The van der Waals surface area contributed by atoms with Crippen molar-refractivity contribution in [3.8, 4) is 0 Å². The van der Waals surface area contributed by atoms with E-state index in [2.05, 4.69) is 10.6 Å². The fraction of sp³-hybridized carbons (Fsp3) is 0.778. The van der Waals surface area contributed by atoms with Crippen molar-refractivity contribution in [2.45, 2.75) is 25.0 Å². The van der Waals surface area contributed by atoms with Crippen LogP contribution >= 0.6 is 0 Å². The third-order valence-corrected chi connectivity index (χ3v) is 2.41. The van der Waals surface area contributed by atoms with Crippen LogP contribution in [0.3, 0.4) is 0 Å². The average Bonchev–Trinajstić information content (AvgIpc) is 2.65. The summed E-state index contributed by atoms with van der Waals surface area (Å²) in [5.41, 5.74) is 4.95. The maximum Gasteiger partial charge on any atom is 0.237 e. The first-order valence-electron chi connectivity index (χ1n) is 4.95. The van der Waals surface area contributed by atoms with E-state index in [1.54, 1.807) is 7.11 Å². The first-order chi connectivity index (χ1) is 7.13. The third kappa shape index (κ3) is 3.85. The Kier molecular flexibility index (Phi) is 4.51. The van der Waals surface area contributed by atoms with Crippen LogP contribution < -0.4 is 16.4 Å². The van der Waals surface area contributed by atoms with Gasteiger partial charge in [0.2, 0.25) is 11.8 Å². The van der Waals surface area contributed by atoms with Gasteiger partial charge in [0.15, 0.2) is 0 Å². The van der Waals surface area contributed by atoms with E-state index in [9.17, 15) is 9.59 Å². The summed E-state index contributed by atoms with van der Waals surface area (Å²) in [6, 6.07) is -0.220. The van der Waals surface area contributed by atoms with Crippen molar-refractivity contribution in [3.05, 3.63) is 0 Å². The highest BCUT2D eigenvalue weighted by Gasteiger charge is 2.28. The van der Waals surface area contributed by atoms with E-state index in [1.165, 1.54) is 0 Å². The molecule has 1 heterocycles. The van der Waals surface area contributed by atoms with E-state index in [0.717, 1.165) is 0 Å². The predicted molar refractivity (Wildman–Crippen MR) is 54.0 cm³/mol. The number of ether oxygens (including phenoxy) is 1. The molecule has 86 valence electrons. The predicted octanol–water partition coefficient (Wildman–Crippen LogP) is -1.65. The van der Waals surface area contributed by atoms with Gasteiger partial charge >= 0.3 is 0 Å². The molecule has 0 aromatic carbocycles. The summed E-state index contributed by atoms with van der Waals surface area (Å²) in [6.45, 7) is 0.981. The van der Waals surface area contributed by atoms with Crippen molar-refractivity contribution in [2.24, 2.45) is 5.73 Å². The molecule has 0 aromatic heterocycles. The quantitative estimate of drug-likeness (QED) is 0.512. The number of methoxy groups -OCH3 is 1. The molecule has 1 saturated heterocycles. The van der Waals surface area contributed by atoms with Crippen LogP contribution in [0.15, 0.2) is 0 Å². The van der Waals surface area contributed by atoms with E-state index < -0.39 is 5.91 Å². The van der Waals surface area contributed by atoms with Crippen LogP contribution in [0.25, 0.3) is 0 Å². The highest BCUT2D eigenvalue weighted by Crippen LogP contribution is 2.09. The molecule has 1 fully saturated rings. The molecule has 0 saturated carbocycles. The zero-order valence-electron chi connectivity index (χ0n) is 8.79. The molecule has 1 rings (SSSR count). The molecule has 1 aliphatic heterocycles. The van der Waals surface area contributed by atoms with Gasteiger partial charge in [-0.25, -0.2) is 0 Å². The van der Waals surface area contributed by atoms with Crippen molar-refractivity contribution < 1.29 is 14.3 Å². The summed E-state index contributed by atoms with van der Waals surface area (Å²) >= 11 is 0. The Hall–Kier alpha value is -1.14. The highest BCUT2D eigenvalue weighted by molar-refractivity contribution is 5.82. The van der Waals surface area contributed by atoms with Crippen LogP contribution in [0.1, 0.15) is 12.8 Å². The molecule has 6 nitrogen and oxygen atoms in total. The van der Waals surface area contributed by atoms with Crippen LogP contribution in [0, 0.1) is 0 Å². The topological polar surface area (TPSA) is 93.4 Å². The lowest BCUT2D eigenvalue weighted by molar-refractivity contribution is -0.123. The van der Waals surface area contributed by atoms with Crippen molar-refractivity contribution in [3.63, 3.8) is 0 Å². The van der Waals surface area contributed by atoms with E-state index in [1.807, 2.05) is 0 Å². The number of rotatable bonds is 5. The van der Waals surface area contributed by atoms with Crippen molar-refractivity contribution in [2.75, 3.05) is 20.2 Å². The third-order valence-electron chi connectivity index (χ3n) is 2.41. The summed E-state index contributed by atoms with van der Waals surface area (Å²) in [4.78, 5) is 21.9. The monoisotopic (exact) mass is 215 g/mol. The van der Waals surface area contributed by atoms with Crippen LogP contribution in [-0.4, -0.2) is 44.2 Å². The number of carbonyl (C=O) groups excluding carboxylic acids is 2. The second-order valence-corrected chi connectivity index (χ2v) is 3.56. The summed E-state index contributed by atoms with van der Waals surface area (Å²) in [5, 5.41) is 5.69. The summed E-state index contributed by atoms with van der Waals surface area (Å²) in [7, 11) is 1.62. The van der Waals surface area contributed by atoms with Gasteiger partial charge in [0.05, 0.1) is 12.1 Å². The molecule has 1 aliphatic rings. The maximum absolute atomic E-state index is 11.5. The van der Waals surface area contributed by atoms with E-state index in [0.29, 0.717) is 19.5 Å². The van der Waals surface area contributed by atoms with Crippen molar-refractivity contribution >= 4 is 11.8 Å². The molecule has 0 radical (unpaired) electrons. The number of nitrogens with two attached hydrogens (primary N) is 1. The molecule has 0 aliphatic carbocycles. The molecule has 4 N–H and O–H groups in total. The lowest BCUT2D eigenvalue weighted by Gasteiger charge is -2.10. The maximum atomic E-state index is 11.5. The molecule has 0 aromatic rings. The van der Waals surface area contributed by atoms with E-state index in [-0.39, 0.29) is 24.5 Å². The van der Waals surface area contributed by atoms with Gasteiger partial charge in [-0.05, 0) is 6.42 Å². The molecular weight excluding hydrogens is 198 g/mol. The van der Waals surface area contributed by atoms with E-state index in [4.69, 9.17) is 10.5 Å². The Labute approximate surface area is 88.5 Å². The summed E-state index contributed by atoms with van der Waals surface area (Å²) < 4.78 is 5.12. The standard InChI is InChI=1S/C9H17N3O3/c1-15-6-4-7(12-5-6)9(14)11-3-2-8(10)13/h6-7,12H,2-5H2,1H3,(H2,10,13)(H,11,14). The smallest absolute Gasteiger partial charge is 0.237 e. The largest absolute Gasteiger partial charge is 0.380 e. The second-order valence-electron chi connectivity index (χ2n) is 3.56. The van der Waals surface area contributed by atoms with Gasteiger partial charge in [-0.15, -0.1) is 0 Å². The Morgan fingerprint density at radius 3 is 2.87 bits per heavy atom. The molecule has 0 spiro atoms. The van der Waals surface area contributed by atoms with Gasteiger partial charge in [0.1, 0.15) is 0 Å². The summed E-state index contributed by atoms with van der Waals surface area (Å²) in [5.74, 6) is -0.514. The van der Waals surface area contributed by atoms with Gasteiger partial charge in [-0.2, -0.15) is 0 Å². The Balaban J connectivity index is 2.20. The molecule has 15 heavy (non-hydrogen) atoms. The van der Waals surface area contributed by atoms with Crippen LogP contribution in [0.4, 0.5) is 0 Å². The van der Waals surface area contributed by atoms with Crippen molar-refractivity contribution in [1.29, 1.82) is 0 Å². The van der Waals surface area contributed by atoms with Gasteiger partial charge in [-0.3, -0.25) is 9.59 Å². The number of hydrogen-bond donors (Lipinski definition) is 3.